The molecule has 106 valence electrons. The average molecular weight is 303 g/mol. The van der Waals surface area contributed by atoms with Gasteiger partial charge in [-0.1, -0.05) is 11.6 Å². The van der Waals surface area contributed by atoms with Crippen LogP contribution in [0.3, 0.4) is 0 Å². The zero-order valence-corrected chi connectivity index (χ0v) is 11.8. The molecule has 0 aliphatic heterocycles. The molecule has 2 aromatic heterocycles. The number of halogens is 1. The third kappa shape index (κ3) is 2.92. The van der Waals surface area contributed by atoms with Crippen molar-refractivity contribution in [1.82, 2.24) is 25.0 Å². The first-order valence-corrected chi connectivity index (χ1v) is 6.48. The van der Waals surface area contributed by atoms with Crippen molar-refractivity contribution in [1.29, 1.82) is 0 Å². The number of aromatic nitrogens is 5. The molecule has 0 saturated heterocycles. The van der Waals surface area contributed by atoms with Crippen LogP contribution in [0.4, 0.5) is 5.95 Å². The summed E-state index contributed by atoms with van der Waals surface area (Å²) >= 11 is 5.83. The predicted octanol–water partition coefficient (Wildman–Crippen LogP) is 2.11. The Hall–Kier alpha value is -2.67. The molecule has 8 heteroatoms. The molecule has 3 rings (SSSR count). The Morgan fingerprint density at radius 1 is 1.33 bits per heavy atom. The highest BCUT2D eigenvalue weighted by atomic mass is 35.5. The highest BCUT2D eigenvalue weighted by Gasteiger charge is 2.12. The lowest BCUT2D eigenvalue weighted by molar-refractivity contribution is 0.102. The summed E-state index contributed by atoms with van der Waals surface area (Å²) in [7, 11) is 1.74. The van der Waals surface area contributed by atoms with Crippen molar-refractivity contribution < 1.29 is 4.79 Å². The molecule has 0 aliphatic rings. The van der Waals surface area contributed by atoms with Gasteiger partial charge in [-0.2, -0.15) is 10.1 Å². The molecular weight excluding hydrogens is 292 g/mol. The number of hydrogen-bond donors (Lipinski definition) is 2. The van der Waals surface area contributed by atoms with Crippen LogP contribution >= 0.6 is 11.6 Å². The normalized spacial score (nSPS) is 10.6. The summed E-state index contributed by atoms with van der Waals surface area (Å²) in [5.74, 6) is 0.437. The molecule has 21 heavy (non-hydrogen) atoms. The van der Waals surface area contributed by atoms with E-state index in [1.165, 1.54) is 6.20 Å². The smallest absolute Gasteiger partial charge is 0.261 e. The van der Waals surface area contributed by atoms with Crippen LogP contribution in [0, 0.1) is 0 Å². The molecule has 0 unspecified atom stereocenters. The molecule has 0 saturated carbocycles. The van der Waals surface area contributed by atoms with E-state index in [9.17, 15) is 4.79 Å². The summed E-state index contributed by atoms with van der Waals surface area (Å²) in [6.45, 7) is 0. The number of nitrogens with zero attached hydrogens (tertiary/aromatic N) is 4. The van der Waals surface area contributed by atoms with Crippen LogP contribution in [-0.4, -0.2) is 30.9 Å². The van der Waals surface area contributed by atoms with E-state index in [-0.39, 0.29) is 11.9 Å². The number of hydrogen-bond acceptors (Lipinski definition) is 4. The van der Waals surface area contributed by atoms with Crippen molar-refractivity contribution in [2.24, 2.45) is 7.05 Å². The molecule has 0 radical (unpaired) electrons. The summed E-state index contributed by atoms with van der Waals surface area (Å²) < 4.78 is 1.55. The van der Waals surface area contributed by atoms with Crippen molar-refractivity contribution in [3.8, 4) is 11.4 Å². The lowest BCUT2D eigenvalue weighted by atomic mass is 10.2. The van der Waals surface area contributed by atoms with Crippen LogP contribution in [-0.2, 0) is 7.05 Å². The standard InChI is InChI=1S/C13H11ClN6O/c1-20-7-9(6-15-20)12(21)17-13-16-11(18-19-13)8-2-4-10(14)5-3-8/h2-7H,1H3,(H2,16,17,18,19,21). The molecule has 0 aliphatic carbocycles. The highest BCUT2D eigenvalue weighted by Crippen LogP contribution is 2.18. The van der Waals surface area contributed by atoms with E-state index in [2.05, 4.69) is 25.6 Å². The zero-order valence-electron chi connectivity index (χ0n) is 11.0. The SMILES string of the molecule is Cn1cc(C(=O)Nc2n[nH]c(-c3ccc(Cl)cc3)n2)cn1. The number of H-pyrrole nitrogens is 1. The molecule has 1 amide bonds. The Morgan fingerprint density at radius 3 is 2.76 bits per heavy atom. The number of carbonyl (C=O) groups excluding carboxylic acids is 1. The molecule has 0 spiro atoms. The van der Waals surface area contributed by atoms with Gasteiger partial charge >= 0.3 is 0 Å². The monoisotopic (exact) mass is 302 g/mol. The Labute approximate surface area is 125 Å². The Bertz CT molecular complexity index is 776. The maximum Gasteiger partial charge on any atom is 0.261 e. The molecule has 2 heterocycles. The number of aryl methyl sites for hydroxylation is 1. The van der Waals surface area contributed by atoms with Gasteiger partial charge in [0, 0.05) is 23.8 Å². The molecule has 0 atom stereocenters. The topological polar surface area (TPSA) is 88.5 Å². The molecular formula is C13H11ClN6O. The van der Waals surface area contributed by atoms with E-state index >= 15 is 0 Å². The van der Waals surface area contributed by atoms with Gasteiger partial charge in [-0.15, -0.1) is 5.10 Å². The zero-order chi connectivity index (χ0) is 14.8. The third-order valence-electron chi connectivity index (χ3n) is 2.80. The van der Waals surface area contributed by atoms with E-state index in [0.29, 0.717) is 16.4 Å². The van der Waals surface area contributed by atoms with E-state index in [1.54, 1.807) is 30.1 Å². The van der Waals surface area contributed by atoms with Gasteiger partial charge in [-0.05, 0) is 24.3 Å². The largest absolute Gasteiger partial charge is 0.289 e. The minimum Gasteiger partial charge on any atom is -0.289 e. The van der Waals surface area contributed by atoms with Gasteiger partial charge in [0.05, 0.1) is 11.8 Å². The Balaban J connectivity index is 1.76. The number of anilines is 1. The predicted molar refractivity (Wildman–Crippen MR) is 78.0 cm³/mol. The van der Waals surface area contributed by atoms with Crippen LogP contribution in [0.5, 0.6) is 0 Å². The van der Waals surface area contributed by atoms with Crippen molar-refractivity contribution in [2.45, 2.75) is 0 Å². The fourth-order valence-electron chi connectivity index (χ4n) is 1.77. The van der Waals surface area contributed by atoms with Gasteiger partial charge in [-0.25, -0.2) is 0 Å². The maximum absolute atomic E-state index is 11.9. The summed E-state index contributed by atoms with van der Waals surface area (Å²) in [5.41, 5.74) is 1.27. The lowest BCUT2D eigenvalue weighted by Gasteiger charge is -1.97. The number of aromatic amines is 1. The van der Waals surface area contributed by atoms with Crippen molar-refractivity contribution >= 4 is 23.5 Å². The number of benzene rings is 1. The Morgan fingerprint density at radius 2 is 2.10 bits per heavy atom. The van der Waals surface area contributed by atoms with E-state index < -0.39 is 0 Å². The van der Waals surface area contributed by atoms with E-state index in [4.69, 9.17) is 11.6 Å². The molecule has 2 N–H and O–H groups in total. The van der Waals surface area contributed by atoms with Gasteiger partial charge in [0.2, 0.25) is 5.95 Å². The van der Waals surface area contributed by atoms with Crippen LogP contribution < -0.4 is 5.32 Å². The van der Waals surface area contributed by atoms with Crippen LogP contribution in [0.25, 0.3) is 11.4 Å². The number of rotatable bonds is 3. The first-order chi connectivity index (χ1) is 10.1. The highest BCUT2D eigenvalue weighted by molar-refractivity contribution is 6.30. The van der Waals surface area contributed by atoms with Crippen molar-refractivity contribution in [3.63, 3.8) is 0 Å². The van der Waals surface area contributed by atoms with Gasteiger partial charge in [0.1, 0.15) is 0 Å². The summed E-state index contributed by atoms with van der Waals surface area (Å²) in [5, 5.41) is 13.9. The maximum atomic E-state index is 11.9. The van der Waals surface area contributed by atoms with Gasteiger partial charge in [0.25, 0.3) is 5.91 Å². The van der Waals surface area contributed by atoms with Crippen molar-refractivity contribution in [2.75, 3.05) is 5.32 Å². The Kier molecular flexibility index (Phi) is 3.41. The number of nitrogens with one attached hydrogen (secondary N) is 2. The third-order valence-corrected chi connectivity index (χ3v) is 3.05. The molecule has 7 nitrogen and oxygen atoms in total. The second-order valence-electron chi connectivity index (χ2n) is 4.37. The first kappa shape index (κ1) is 13.3. The minimum atomic E-state index is -0.315. The second-order valence-corrected chi connectivity index (χ2v) is 4.81. The molecule has 1 aromatic carbocycles. The minimum absolute atomic E-state index is 0.203. The van der Waals surface area contributed by atoms with Gasteiger partial charge < -0.3 is 0 Å². The van der Waals surface area contributed by atoms with Gasteiger partial charge in [0.15, 0.2) is 5.82 Å². The van der Waals surface area contributed by atoms with E-state index in [0.717, 1.165) is 5.56 Å². The number of amides is 1. The van der Waals surface area contributed by atoms with Crippen LogP contribution in [0.1, 0.15) is 10.4 Å². The fourth-order valence-corrected chi connectivity index (χ4v) is 1.89. The van der Waals surface area contributed by atoms with Crippen molar-refractivity contribution in [3.05, 3.63) is 47.2 Å². The fraction of sp³-hybridized carbons (Fsp3) is 0.0769. The average Bonchev–Trinajstić information content (AvgIpc) is 3.09. The molecule has 0 bridgehead atoms. The number of carbonyl (C=O) groups is 1. The van der Waals surface area contributed by atoms with Crippen LogP contribution in [0.15, 0.2) is 36.7 Å². The van der Waals surface area contributed by atoms with E-state index in [1.807, 2.05) is 12.1 Å². The molecule has 3 aromatic rings. The quantitative estimate of drug-likeness (QED) is 0.775. The molecule has 0 fully saturated rings. The first-order valence-electron chi connectivity index (χ1n) is 6.10. The summed E-state index contributed by atoms with van der Waals surface area (Å²) in [6.07, 6.45) is 3.09. The van der Waals surface area contributed by atoms with Gasteiger partial charge in [-0.3, -0.25) is 19.9 Å². The summed E-state index contributed by atoms with van der Waals surface area (Å²) in [4.78, 5) is 16.2. The lowest BCUT2D eigenvalue weighted by Crippen LogP contribution is -2.12. The summed E-state index contributed by atoms with van der Waals surface area (Å²) in [6, 6.07) is 7.14. The van der Waals surface area contributed by atoms with Crippen LogP contribution in [0.2, 0.25) is 5.02 Å². The second kappa shape index (κ2) is 5.37.